The lowest BCUT2D eigenvalue weighted by molar-refractivity contribution is 0.249. The van der Waals surface area contributed by atoms with E-state index in [4.69, 9.17) is 0 Å². The Morgan fingerprint density at radius 3 is 2.46 bits per heavy atom. The molecule has 26 heavy (non-hydrogen) atoms. The van der Waals surface area contributed by atoms with Crippen LogP contribution in [-0.2, 0) is 6.54 Å². The number of hydrogen-bond acceptors (Lipinski definition) is 6. The number of nitrogens with zero attached hydrogens (tertiary/aromatic N) is 6. The van der Waals surface area contributed by atoms with Gasteiger partial charge in [0.1, 0.15) is 0 Å². The summed E-state index contributed by atoms with van der Waals surface area (Å²) in [6, 6.07) is 9.33. The fourth-order valence-corrected chi connectivity index (χ4v) is 3.36. The largest absolute Gasteiger partial charge is 0.338 e. The molecule has 7 heteroatoms. The highest BCUT2D eigenvalue weighted by molar-refractivity contribution is 5.76. The SMILES string of the molecule is O=c1c2ccccc2ncn1CCCN1CCN(c2ncccn2)CC1. The highest BCUT2D eigenvalue weighted by Crippen LogP contribution is 2.10. The Morgan fingerprint density at radius 2 is 1.65 bits per heavy atom. The van der Waals surface area contributed by atoms with E-state index < -0.39 is 0 Å². The Labute approximate surface area is 151 Å². The lowest BCUT2D eigenvalue weighted by Crippen LogP contribution is -2.47. The predicted molar refractivity (Wildman–Crippen MR) is 101 cm³/mol. The first-order valence-corrected chi connectivity index (χ1v) is 9.00. The zero-order valence-corrected chi connectivity index (χ0v) is 14.7. The van der Waals surface area contributed by atoms with Gasteiger partial charge in [-0.25, -0.2) is 15.0 Å². The van der Waals surface area contributed by atoms with Crippen molar-refractivity contribution in [3.05, 3.63) is 59.4 Å². The quantitative estimate of drug-likeness (QED) is 0.693. The average molecular weight is 350 g/mol. The van der Waals surface area contributed by atoms with Crippen LogP contribution in [0.15, 0.2) is 53.8 Å². The van der Waals surface area contributed by atoms with Crippen molar-refractivity contribution in [3.63, 3.8) is 0 Å². The third kappa shape index (κ3) is 3.57. The molecule has 134 valence electrons. The van der Waals surface area contributed by atoms with E-state index in [1.807, 2.05) is 30.3 Å². The van der Waals surface area contributed by atoms with E-state index in [0.29, 0.717) is 11.9 Å². The number of benzene rings is 1. The van der Waals surface area contributed by atoms with E-state index in [-0.39, 0.29) is 5.56 Å². The van der Waals surface area contributed by atoms with Crippen molar-refractivity contribution in [1.82, 2.24) is 24.4 Å². The normalized spacial score (nSPS) is 15.5. The minimum atomic E-state index is 0.0432. The van der Waals surface area contributed by atoms with Gasteiger partial charge in [0.15, 0.2) is 0 Å². The zero-order chi connectivity index (χ0) is 17.8. The van der Waals surface area contributed by atoms with Gasteiger partial charge in [0, 0.05) is 45.1 Å². The summed E-state index contributed by atoms with van der Waals surface area (Å²) < 4.78 is 1.72. The first-order valence-electron chi connectivity index (χ1n) is 9.00. The molecule has 0 amide bonds. The second-order valence-electron chi connectivity index (χ2n) is 6.49. The summed E-state index contributed by atoms with van der Waals surface area (Å²) in [6.45, 7) is 5.51. The lowest BCUT2D eigenvalue weighted by atomic mass is 10.2. The summed E-state index contributed by atoms with van der Waals surface area (Å²) >= 11 is 0. The van der Waals surface area contributed by atoms with Crippen LogP contribution < -0.4 is 10.5 Å². The van der Waals surface area contributed by atoms with E-state index in [1.54, 1.807) is 23.3 Å². The number of fused-ring (bicyclic) bond motifs is 1. The van der Waals surface area contributed by atoms with Gasteiger partial charge in [-0.05, 0) is 31.2 Å². The highest BCUT2D eigenvalue weighted by atomic mass is 16.1. The molecule has 0 unspecified atom stereocenters. The van der Waals surface area contributed by atoms with Crippen LogP contribution in [0.5, 0.6) is 0 Å². The average Bonchev–Trinajstić information content (AvgIpc) is 2.71. The lowest BCUT2D eigenvalue weighted by Gasteiger charge is -2.34. The van der Waals surface area contributed by atoms with E-state index in [2.05, 4.69) is 24.8 Å². The van der Waals surface area contributed by atoms with Gasteiger partial charge in [0.2, 0.25) is 5.95 Å². The summed E-state index contributed by atoms with van der Waals surface area (Å²) in [5, 5.41) is 0.687. The molecule has 0 N–H and O–H groups in total. The number of para-hydroxylation sites is 1. The van der Waals surface area contributed by atoms with Crippen molar-refractivity contribution in [1.29, 1.82) is 0 Å². The summed E-state index contributed by atoms with van der Waals surface area (Å²) in [5.74, 6) is 0.806. The second kappa shape index (κ2) is 7.61. The molecular formula is C19H22N6O. The van der Waals surface area contributed by atoms with Crippen molar-refractivity contribution in [3.8, 4) is 0 Å². The molecule has 3 heterocycles. The van der Waals surface area contributed by atoms with Crippen LogP contribution in [0.4, 0.5) is 5.95 Å². The molecule has 0 aliphatic carbocycles. The summed E-state index contributed by atoms with van der Waals surface area (Å²) in [7, 11) is 0. The molecule has 2 aromatic heterocycles. The van der Waals surface area contributed by atoms with Crippen molar-refractivity contribution >= 4 is 16.9 Å². The molecule has 1 saturated heterocycles. The van der Waals surface area contributed by atoms with Crippen molar-refractivity contribution in [2.45, 2.75) is 13.0 Å². The number of hydrogen-bond donors (Lipinski definition) is 0. The molecule has 0 radical (unpaired) electrons. The number of aromatic nitrogens is 4. The molecular weight excluding hydrogens is 328 g/mol. The molecule has 7 nitrogen and oxygen atoms in total. The van der Waals surface area contributed by atoms with E-state index in [0.717, 1.165) is 50.6 Å². The number of anilines is 1. The summed E-state index contributed by atoms with van der Waals surface area (Å²) in [4.78, 5) is 30.2. The Morgan fingerprint density at radius 1 is 0.885 bits per heavy atom. The number of rotatable bonds is 5. The van der Waals surface area contributed by atoms with Crippen LogP contribution in [0.1, 0.15) is 6.42 Å². The smallest absolute Gasteiger partial charge is 0.261 e. The number of piperazine rings is 1. The molecule has 1 aromatic carbocycles. The van der Waals surface area contributed by atoms with Crippen LogP contribution in [0.25, 0.3) is 10.9 Å². The molecule has 1 aliphatic rings. The van der Waals surface area contributed by atoms with Gasteiger partial charge in [0.25, 0.3) is 5.56 Å². The summed E-state index contributed by atoms with van der Waals surface area (Å²) in [5.41, 5.74) is 0.801. The van der Waals surface area contributed by atoms with Gasteiger partial charge in [0.05, 0.1) is 17.2 Å². The monoisotopic (exact) mass is 350 g/mol. The number of aryl methyl sites for hydroxylation is 1. The Bertz CT molecular complexity index is 918. The fourth-order valence-electron chi connectivity index (χ4n) is 3.36. The molecule has 1 fully saturated rings. The third-order valence-corrected chi connectivity index (χ3v) is 4.81. The van der Waals surface area contributed by atoms with Crippen molar-refractivity contribution in [2.24, 2.45) is 0 Å². The van der Waals surface area contributed by atoms with Crippen LogP contribution in [-0.4, -0.2) is 57.1 Å². The zero-order valence-electron chi connectivity index (χ0n) is 14.7. The Balaban J connectivity index is 1.29. The second-order valence-corrected chi connectivity index (χ2v) is 6.49. The Hall–Kier alpha value is -2.80. The van der Waals surface area contributed by atoms with Gasteiger partial charge in [-0.3, -0.25) is 14.3 Å². The molecule has 0 bridgehead atoms. The van der Waals surface area contributed by atoms with Crippen molar-refractivity contribution < 1.29 is 0 Å². The minimum absolute atomic E-state index is 0.0432. The van der Waals surface area contributed by atoms with Crippen LogP contribution in [0, 0.1) is 0 Å². The van der Waals surface area contributed by atoms with E-state index in [9.17, 15) is 4.79 Å². The molecule has 0 spiro atoms. The molecule has 1 aliphatic heterocycles. The van der Waals surface area contributed by atoms with Gasteiger partial charge >= 0.3 is 0 Å². The fraction of sp³-hybridized carbons (Fsp3) is 0.368. The van der Waals surface area contributed by atoms with Crippen LogP contribution in [0.2, 0.25) is 0 Å². The van der Waals surface area contributed by atoms with Crippen LogP contribution >= 0.6 is 0 Å². The summed E-state index contributed by atoms with van der Waals surface area (Å²) in [6.07, 6.45) is 6.16. The first kappa shape index (κ1) is 16.7. The highest BCUT2D eigenvalue weighted by Gasteiger charge is 2.18. The third-order valence-electron chi connectivity index (χ3n) is 4.81. The molecule has 0 saturated carbocycles. The molecule has 3 aromatic rings. The van der Waals surface area contributed by atoms with Gasteiger partial charge < -0.3 is 4.90 Å². The maximum Gasteiger partial charge on any atom is 0.261 e. The van der Waals surface area contributed by atoms with Crippen molar-refractivity contribution in [2.75, 3.05) is 37.6 Å². The van der Waals surface area contributed by atoms with E-state index in [1.165, 1.54) is 0 Å². The minimum Gasteiger partial charge on any atom is -0.338 e. The topological polar surface area (TPSA) is 67.2 Å². The maximum atomic E-state index is 12.5. The maximum absolute atomic E-state index is 12.5. The predicted octanol–water partition coefficient (Wildman–Crippen LogP) is 1.40. The first-order chi connectivity index (χ1) is 12.8. The van der Waals surface area contributed by atoms with Gasteiger partial charge in [-0.1, -0.05) is 12.1 Å². The van der Waals surface area contributed by atoms with Gasteiger partial charge in [-0.15, -0.1) is 0 Å². The van der Waals surface area contributed by atoms with Crippen LogP contribution in [0.3, 0.4) is 0 Å². The standard InChI is InChI=1S/C19H22N6O/c26-18-16-5-1-2-6-17(16)22-15-25(18)10-4-9-23-11-13-24(14-12-23)19-20-7-3-8-21-19/h1-3,5-8,15H,4,9-14H2. The molecule has 4 rings (SSSR count). The Kier molecular flexibility index (Phi) is 4.88. The van der Waals surface area contributed by atoms with Gasteiger partial charge in [-0.2, -0.15) is 0 Å². The van der Waals surface area contributed by atoms with E-state index >= 15 is 0 Å². The molecule has 0 atom stereocenters.